The normalized spacial score (nSPS) is 9.20. The molecule has 51 valence electrons. The summed E-state index contributed by atoms with van der Waals surface area (Å²) in [7, 11) is 0. The van der Waals surface area contributed by atoms with Gasteiger partial charge in [0.2, 0.25) is 0 Å². The van der Waals surface area contributed by atoms with Gasteiger partial charge in [-0.2, -0.15) is 0 Å². The third-order valence-electron chi connectivity index (χ3n) is 1.24. The van der Waals surface area contributed by atoms with Crippen LogP contribution in [0.25, 0.3) is 0 Å². The standard InChI is InChI=1S/C8H8NO/c10-6-2-4-8-3-1-5-9-7-8/h1,3,5,7H,2,4H2. The highest BCUT2D eigenvalue weighted by molar-refractivity contribution is 5.50. The molecule has 2 nitrogen and oxygen atoms in total. The lowest BCUT2D eigenvalue weighted by atomic mass is 10.2. The van der Waals surface area contributed by atoms with Gasteiger partial charge in [-0.3, -0.25) is 9.78 Å². The van der Waals surface area contributed by atoms with E-state index in [-0.39, 0.29) is 0 Å². The van der Waals surface area contributed by atoms with Crippen molar-refractivity contribution in [1.29, 1.82) is 0 Å². The Balaban J connectivity index is 2.50. The van der Waals surface area contributed by atoms with Crippen molar-refractivity contribution in [3.05, 3.63) is 30.1 Å². The quantitative estimate of drug-likeness (QED) is 0.620. The minimum absolute atomic E-state index is 0.464. The van der Waals surface area contributed by atoms with E-state index in [1.54, 1.807) is 12.4 Å². The van der Waals surface area contributed by atoms with Gasteiger partial charge in [-0.25, -0.2) is 0 Å². The van der Waals surface area contributed by atoms with Gasteiger partial charge >= 0.3 is 0 Å². The molecule has 0 saturated carbocycles. The predicted octanol–water partition coefficient (Wildman–Crippen LogP) is 1.12. The van der Waals surface area contributed by atoms with Gasteiger partial charge in [0.25, 0.3) is 0 Å². The Morgan fingerprint density at radius 3 is 3.10 bits per heavy atom. The Morgan fingerprint density at radius 1 is 1.60 bits per heavy atom. The molecule has 1 aromatic heterocycles. The Hall–Kier alpha value is -1.18. The van der Waals surface area contributed by atoms with Crippen molar-refractivity contribution in [2.45, 2.75) is 12.8 Å². The van der Waals surface area contributed by atoms with Crippen molar-refractivity contribution in [1.82, 2.24) is 4.98 Å². The summed E-state index contributed by atoms with van der Waals surface area (Å²) < 4.78 is 0. The van der Waals surface area contributed by atoms with Crippen LogP contribution in [0.5, 0.6) is 0 Å². The summed E-state index contributed by atoms with van der Waals surface area (Å²) in [6, 6.07) is 3.81. The molecule has 1 radical (unpaired) electrons. The maximum absolute atomic E-state index is 9.83. The van der Waals surface area contributed by atoms with E-state index in [2.05, 4.69) is 4.98 Å². The summed E-state index contributed by atoms with van der Waals surface area (Å²) in [5.74, 6) is 0. The van der Waals surface area contributed by atoms with Crippen molar-refractivity contribution in [2.75, 3.05) is 0 Å². The van der Waals surface area contributed by atoms with Gasteiger partial charge < -0.3 is 0 Å². The number of rotatable bonds is 3. The molecular formula is C8H8NO. The van der Waals surface area contributed by atoms with Crippen molar-refractivity contribution < 1.29 is 4.79 Å². The zero-order valence-corrected chi connectivity index (χ0v) is 5.58. The fourth-order valence-electron chi connectivity index (χ4n) is 0.741. The van der Waals surface area contributed by atoms with Crippen LogP contribution in [0.2, 0.25) is 0 Å². The highest BCUT2D eigenvalue weighted by Gasteiger charge is 1.89. The molecule has 0 spiro atoms. The Bertz CT molecular complexity index is 196. The average molecular weight is 134 g/mol. The van der Waals surface area contributed by atoms with Crippen LogP contribution in [0.3, 0.4) is 0 Å². The van der Waals surface area contributed by atoms with Gasteiger partial charge in [-0.1, -0.05) is 6.07 Å². The highest BCUT2D eigenvalue weighted by Crippen LogP contribution is 1.97. The third kappa shape index (κ3) is 1.97. The summed E-state index contributed by atoms with van der Waals surface area (Å²) in [4.78, 5) is 13.7. The molecule has 0 N–H and O–H groups in total. The first-order valence-electron chi connectivity index (χ1n) is 3.17. The summed E-state index contributed by atoms with van der Waals surface area (Å²) >= 11 is 0. The molecule has 0 unspecified atom stereocenters. The first kappa shape index (κ1) is 6.93. The summed E-state index contributed by atoms with van der Waals surface area (Å²) in [6.07, 6.45) is 6.53. The van der Waals surface area contributed by atoms with Crippen LogP contribution in [0.15, 0.2) is 24.5 Å². The van der Waals surface area contributed by atoms with Gasteiger partial charge in [0.15, 0.2) is 6.29 Å². The first-order chi connectivity index (χ1) is 4.93. The van der Waals surface area contributed by atoms with Crippen LogP contribution in [0.1, 0.15) is 12.0 Å². The molecule has 0 aliphatic carbocycles. The van der Waals surface area contributed by atoms with Crippen molar-refractivity contribution in [2.24, 2.45) is 0 Å². The molecule has 0 atom stereocenters. The van der Waals surface area contributed by atoms with Crippen LogP contribution < -0.4 is 0 Å². The number of carbonyl (C=O) groups excluding carboxylic acids is 1. The van der Waals surface area contributed by atoms with Crippen LogP contribution in [0.4, 0.5) is 0 Å². The predicted molar refractivity (Wildman–Crippen MR) is 38.3 cm³/mol. The Kier molecular flexibility index (Phi) is 2.62. The molecule has 0 aromatic carbocycles. The number of aromatic nitrogens is 1. The maximum Gasteiger partial charge on any atom is 0.198 e. The Labute approximate surface area is 59.9 Å². The minimum atomic E-state index is 0.464. The van der Waals surface area contributed by atoms with Crippen molar-refractivity contribution >= 4 is 6.29 Å². The minimum Gasteiger partial charge on any atom is -0.291 e. The molecule has 0 saturated heterocycles. The summed E-state index contributed by atoms with van der Waals surface area (Å²) in [6.45, 7) is 0. The van der Waals surface area contributed by atoms with Crippen LogP contribution in [0, 0.1) is 0 Å². The van der Waals surface area contributed by atoms with Gasteiger partial charge in [-0.05, 0) is 18.1 Å². The SMILES string of the molecule is O=[C]CCc1cccnc1. The summed E-state index contributed by atoms with van der Waals surface area (Å²) in [5.41, 5.74) is 1.09. The van der Waals surface area contributed by atoms with E-state index in [1.165, 1.54) is 0 Å². The fraction of sp³-hybridized carbons (Fsp3) is 0.250. The van der Waals surface area contributed by atoms with E-state index >= 15 is 0 Å². The number of aryl methyl sites for hydroxylation is 1. The van der Waals surface area contributed by atoms with E-state index in [4.69, 9.17) is 0 Å². The number of nitrogens with zero attached hydrogens (tertiary/aromatic N) is 1. The van der Waals surface area contributed by atoms with Crippen LogP contribution in [-0.4, -0.2) is 11.3 Å². The van der Waals surface area contributed by atoms with E-state index in [9.17, 15) is 4.79 Å². The smallest absolute Gasteiger partial charge is 0.198 e. The summed E-state index contributed by atoms with van der Waals surface area (Å²) in [5, 5.41) is 0. The molecule has 1 aromatic rings. The molecule has 1 rings (SSSR count). The molecule has 2 heteroatoms. The van der Waals surface area contributed by atoms with Crippen molar-refractivity contribution in [3.63, 3.8) is 0 Å². The van der Waals surface area contributed by atoms with Crippen molar-refractivity contribution in [3.8, 4) is 0 Å². The highest BCUT2D eigenvalue weighted by atomic mass is 16.1. The lowest BCUT2D eigenvalue weighted by molar-refractivity contribution is 0.551. The van der Waals surface area contributed by atoms with Gasteiger partial charge in [0.1, 0.15) is 0 Å². The molecule has 0 fully saturated rings. The van der Waals surface area contributed by atoms with Gasteiger partial charge in [0.05, 0.1) is 0 Å². The first-order valence-corrected chi connectivity index (χ1v) is 3.17. The largest absolute Gasteiger partial charge is 0.291 e. The molecule has 10 heavy (non-hydrogen) atoms. The fourth-order valence-corrected chi connectivity index (χ4v) is 0.741. The number of hydrogen-bond donors (Lipinski definition) is 0. The van der Waals surface area contributed by atoms with Gasteiger partial charge in [-0.15, -0.1) is 0 Å². The average Bonchev–Trinajstić information content (AvgIpc) is 2.03. The number of pyridine rings is 1. The molecule has 0 aliphatic rings. The molecule has 0 amide bonds. The molecule has 1 heterocycles. The zero-order chi connectivity index (χ0) is 7.23. The van der Waals surface area contributed by atoms with Crippen LogP contribution >= 0.6 is 0 Å². The lowest BCUT2D eigenvalue weighted by Crippen LogP contribution is -1.85. The maximum atomic E-state index is 9.83. The van der Waals surface area contributed by atoms with E-state index in [0.717, 1.165) is 12.0 Å². The number of hydrogen-bond acceptors (Lipinski definition) is 2. The van der Waals surface area contributed by atoms with E-state index in [0.29, 0.717) is 6.42 Å². The lowest BCUT2D eigenvalue weighted by Gasteiger charge is -1.92. The Morgan fingerprint density at radius 2 is 2.50 bits per heavy atom. The van der Waals surface area contributed by atoms with E-state index < -0.39 is 0 Å². The second kappa shape index (κ2) is 3.77. The second-order valence-electron chi connectivity index (χ2n) is 2.01. The van der Waals surface area contributed by atoms with E-state index in [1.807, 2.05) is 18.4 Å². The molecular weight excluding hydrogens is 126 g/mol. The second-order valence-corrected chi connectivity index (χ2v) is 2.01. The molecule has 0 bridgehead atoms. The molecule has 0 aliphatic heterocycles. The third-order valence-corrected chi connectivity index (χ3v) is 1.24. The monoisotopic (exact) mass is 134 g/mol. The van der Waals surface area contributed by atoms with Crippen LogP contribution in [-0.2, 0) is 11.2 Å². The zero-order valence-electron chi connectivity index (χ0n) is 5.58. The topological polar surface area (TPSA) is 30.0 Å². The van der Waals surface area contributed by atoms with Gasteiger partial charge in [0, 0.05) is 18.8 Å².